The Bertz CT molecular complexity index is 562. The second kappa shape index (κ2) is 6.28. The Hall–Kier alpha value is -2.71. The van der Waals surface area contributed by atoms with Gasteiger partial charge in [0, 0.05) is 12.1 Å². The number of hydrogen-bond acceptors (Lipinski definition) is 3. The molecule has 2 aromatic rings. The number of methoxy groups -OCH3 is 1. The zero-order chi connectivity index (χ0) is 13.5. The number of esters is 1. The van der Waals surface area contributed by atoms with Gasteiger partial charge in [-0.3, -0.25) is 0 Å². The smallest absolute Gasteiger partial charge is 0.340 e. The zero-order valence-electron chi connectivity index (χ0n) is 10.4. The molecule has 4 heteroatoms. The molecular formula is C15H12N2O2. The van der Waals surface area contributed by atoms with E-state index in [1.54, 1.807) is 24.3 Å². The molecule has 0 aliphatic rings. The number of ether oxygens (including phenoxy) is 1. The molecule has 0 aliphatic heterocycles. The summed E-state index contributed by atoms with van der Waals surface area (Å²) in [6.45, 7) is 0. The summed E-state index contributed by atoms with van der Waals surface area (Å²) in [4.78, 5) is 11.2. The van der Waals surface area contributed by atoms with Crippen LogP contribution in [0.1, 0.15) is 15.9 Å². The van der Waals surface area contributed by atoms with Crippen molar-refractivity contribution in [2.45, 2.75) is 0 Å². The number of rotatable bonds is 4. The summed E-state index contributed by atoms with van der Waals surface area (Å²) in [6, 6.07) is 16.2. The molecule has 2 rings (SSSR count). The van der Waals surface area contributed by atoms with Gasteiger partial charge in [0.2, 0.25) is 5.56 Å². The first kappa shape index (κ1) is 12.7. The van der Waals surface area contributed by atoms with Gasteiger partial charge in [-0.2, -0.15) is 0 Å². The fourth-order valence-electron chi connectivity index (χ4n) is 1.43. The van der Waals surface area contributed by atoms with E-state index < -0.39 is 0 Å². The lowest BCUT2D eigenvalue weighted by Crippen LogP contribution is -2.00. The molecule has 0 saturated carbocycles. The van der Waals surface area contributed by atoms with E-state index >= 15 is 0 Å². The molecule has 0 saturated heterocycles. The first-order valence-corrected chi connectivity index (χ1v) is 5.70. The summed E-state index contributed by atoms with van der Waals surface area (Å²) in [5.41, 5.74) is 6.00. The molecular weight excluding hydrogens is 240 g/mol. The fraction of sp³-hybridized carbons (Fsp3) is 0.0667. The van der Waals surface area contributed by atoms with E-state index in [0.717, 1.165) is 11.3 Å². The van der Waals surface area contributed by atoms with Crippen LogP contribution in [0.25, 0.3) is 5.43 Å². The number of benzene rings is 2. The van der Waals surface area contributed by atoms with Crippen LogP contribution in [0, 0.1) is 0 Å². The van der Waals surface area contributed by atoms with Gasteiger partial charge in [0.1, 0.15) is 6.21 Å². The van der Waals surface area contributed by atoms with E-state index in [0.29, 0.717) is 5.56 Å². The quantitative estimate of drug-likeness (QED) is 0.362. The van der Waals surface area contributed by atoms with Gasteiger partial charge in [0.05, 0.1) is 24.8 Å². The highest BCUT2D eigenvalue weighted by Crippen LogP contribution is 2.16. The highest BCUT2D eigenvalue weighted by Gasteiger charge is 2.07. The van der Waals surface area contributed by atoms with Crippen LogP contribution in [0.15, 0.2) is 59.7 Å². The van der Waals surface area contributed by atoms with Crippen molar-refractivity contribution in [1.82, 2.24) is 0 Å². The monoisotopic (exact) mass is 252 g/mol. The predicted molar refractivity (Wildman–Crippen MR) is 73.8 cm³/mol. The van der Waals surface area contributed by atoms with Gasteiger partial charge in [-0.25, -0.2) is 9.90 Å². The number of hydrogen-bond donors (Lipinski definition) is 0. The normalized spacial score (nSPS) is 9.95. The highest BCUT2D eigenvalue weighted by atomic mass is 16.5. The van der Waals surface area contributed by atoms with Crippen molar-refractivity contribution >= 4 is 17.9 Å². The average Bonchev–Trinajstić information content (AvgIpc) is 2.48. The predicted octanol–water partition coefficient (Wildman–Crippen LogP) is 3.39. The molecule has 0 unspecified atom stereocenters. The molecule has 4 nitrogen and oxygen atoms in total. The molecule has 0 aliphatic carbocycles. The van der Waals surface area contributed by atoms with Crippen LogP contribution in [0.5, 0.6) is 0 Å². The van der Waals surface area contributed by atoms with Crippen molar-refractivity contribution in [1.29, 1.82) is 0 Å². The van der Waals surface area contributed by atoms with E-state index in [4.69, 9.17) is 0 Å². The number of carbonyl (C=O) groups excluding carboxylic acids is 1. The molecule has 0 radical (unpaired) electrons. The van der Waals surface area contributed by atoms with Gasteiger partial charge < -0.3 is 10.2 Å². The summed E-state index contributed by atoms with van der Waals surface area (Å²) in [6.07, 6.45) is 2.78. The Morgan fingerprint density at radius 1 is 1.11 bits per heavy atom. The maximum absolute atomic E-state index is 11.2. The summed E-state index contributed by atoms with van der Waals surface area (Å²) in [5, 5.41) is 3.87. The van der Waals surface area contributed by atoms with Crippen LogP contribution < -0.4 is 0 Å². The third kappa shape index (κ3) is 3.63. The summed E-state index contributed by atoms with van der Waals surface area (Å²) in [7, 11) is 1.35. The van der Waals surface area contributed by atoms with E-state index in [1.807, 2.05) is 30.3 Å². The van der Waals surface area contributed by atoms with Crippen LogP contribution in [0.2, 0.25) is 0 Å². The first-order valence-electron chi connectivity index (χ1n) is 5.70. The summed E-state index contributed by atoms with van der Waals surface area (Å²) < 4.78 is 4.61. The Morgan fingerprint density at radius 3 is 2.42 bits per heavy atom. The molecule has 0 aromatic heterocycles. The summed E-state index contributed by atoms with van der Waals surface area (Å²) in [5.74, 6) is -0.363. The third-order valence-corrected chi connectivity index (χ3v) is 2.41. The maximum atomic E-state index is 11.2. The average molecular weight is 252 g/mol. The van der Waals surface area contributed by atoms with Gasteiger partial charge in [-0.05, 0) is 0 Å². The van der Waals surface area contributed by atoms with Crippen molar-refractivity contribution in [3.63, 3.8) is 0 Å². The van der Waals surface area contributed by atoms with Crippen LogP contribution in [0.3, 0.4) is 0 Å². The SMILES string of the molecule is COC(=O)c1ccc([C+]=N[N-]c2ccccc2)cc1. The molecule has 0 N–H and O–H groups in total. The van der Waals surface area contributed by atoms with Crippen LogP contribution in [0.4, 0.5) is 5.69 Å². The fourth-order valence-corrected chi connectivity index (χ4v) is 1.43. The van der Waals surface area contributed by atoms with Gasteiger partial charge in [0.15, 0.2) is 0 Å². The van der Waals surface area contributed by atoms with E-state index in [-0.39, 0.29) is 5.97 Å². The minimum absolute atomic E-state index is 0.363. The topological polar surface area (TPSA) is 52.8 Å². The maximum Gasteiger partial charge on any atom is 0.340 e. The molecule has 0 heterocycles. The second-order valence-corrected chi connectivity index (χ2v) is 3.72. The van der Waals surface area contributed by atoms with E-state index in [9.17, 15) is 4.79 Å². The number of nitrogens with zero attached hydrogens (tertiary/aromatic N) is 2. The lowest BCUT2D eigenvalue weighted by atomic mass is 10.1. The second-order valence-electron chi connectivity index (χ2n) is 3.72. The summed E-state index contributed by atoms with van der Waals surface area (Å²) >= 11 is 0. The standard InChI is InChI=1S/C15H12N2O2/c1-19-15(18)13-9-7-12(8-10-13)11-16-17-14-5-3-2-4-6-14/h2-10H,1H3. The number of carbonyl (C=O) groups is 1. The molecule has 94 valence electrons. The van der Waals surface area contributed by atoms with Gasteiger partial charge in [0.25, 0.3) is 0 Å². The van der Waals surface area contributed by atoms with Crippen molar-refractivity contribution in [2.75, 3.05) is 7.11 Å². The highest BCUT2D eigenvalue weighted by molar-refractivity contribution is 5.90. The van der Waals surface area contributed by atoms with Crippen molar-refractivity contribution in [3.8, 4) is 0 Å². The van der Waals surface area contributed by atoms with Crippen LogP contribution >= 0.6 is 0 Å². The molecule has 0 amide bonds. The van der Waals surface area contributed by atoms with Crippen LogP contribution in [-0.2, 0) is 4.74 Å². The Labute approximate surface area is 111 Å². The Morgan fingerprint density at radius 2 is 1.79 bits per heavy atom. The Balaban J connectivity index is 1.98. The van der Waals surface area contributed by atoms with Gasteiger partial charge in [-0.1, -0.05) is 30.3 Å². The molecule has 19 heavy (non-hydrogen) atoms. The molecule has 0 fully saturated rings. The molecule has 0 bridgehead atoms. The van der Waals surface area contributed by atoms with Crippen molar-refractivity contribution in [3.05, 3.63) is 71.1 Å². The Kier molecular flexibility index (Phi) is 4.21. The lowest BCUT2D eigenvalue weighted by molar-refractivity contribution is 0.0601. The molecule has 0 spiro atoms. The van der Waals surface area contributed by atoms with Gasteiger partial charge in [-0.15, -0.1) is 5.69 Å². The minimum Gasteiger partial charge on any atom is -0.553 e. The first-order chi connectivity index (χ1) is 9.29. The molecule has 2 aromatic carbocycles. The lowest BCUT2D eigenvalue weighted by Gasteiger charge is -2.10. The molecule has 0 atom stereocenters. The van der Waals surface area contributed by atoms with Gasteiger partial charge >= 0.3 is 5.97 Å². The minimum atomic E-state index is -0.363. The third-order valence-electron chi connectivity index (χ3n) is 2.41. The van der Waals surface area contributed by atoms with Crippen molar-refractivity contribution < 1.29 is 9.53 Å². The van der Waals surface area contributed by atoms with E-state index in [2.05, 4.69) is 21.5 Å². The van der Waals surface area contributed by atoms with Crippen LogP contribution in [-0.4, -0.2) is 19.3 Å². The largest absolute Gasteiger partial charge is 0.553 e. The van der Waals surface area contributed by atoms with E-state index in [1.165, 1.54) is 7.11 Å². The zero-order valence-corrected chi connectivity index (χ0v) is 10.4. The van der Waals surface area contributed by atoms with Crippen molar-refractivity contribution in [2.24, 2.45) is 5.10 Å².